The second-order valence-corrected chi connectivity index (χ2v) is 6.87. The Morgan fingerprint density at radius 1 is 1.21 bits per heavy atom. The molecule has 0 saturated carbocycles. The predicted octanol–water partition coefficient (Wildman–Crippen LogP) is 2.76. The Morgan fingerprint density at radius 3 is 2.26 bits per heavy atom. The summed E-state index contributed by atoms with van der Waals surface area (Å²) in [5, 5.41) is 3.46. The van der Waals surface area contributed by atoms with Gasteiger partial charge in [-0.2, -0.15) is 0 Å². The highest BCUT2D eigenvalue weighted by Gasteiger charge is 2.08. The fourth-order valence-electron chi connectivity index (χ4n) is 1.34. The summed E-state index contributed by atoms with van der Waals surface area (Å²) in [5.74, 6) is 0.635. The summed E-state index contributed by atoms with van der Waals surface area (Å²) in [5.41, 5.74) is 1.39. The number of thioether (sulfide) groups is 1. The van der Waals surface area contributed by atoms with Crippen LogP contribution in [0.3, 0.4) is 0 Å². The summed E-state index contributed by atoms with van der Waals surface area (Å²) in [7, 11) is 3.56. The van der Waals surface area contributed by atoms with Crippen molar-refractivity contribution in [3.8, 4) is 0 Å². The Hall–Kier alpha value is -1.00. The van der Waals surface area contributed by atoms with E-state index >= 15 is 0 Å². The van der Waals surface area contributed by atoms with Crippen LogP contribution in [0.2, 0.25) is 0 Å². The number of hydrogen-bond acceptors (Lipinski definition) is 3. The Morgan fingerprint density at radius 2 is 1.79 bits per heavy atom. The van der Waals surface area contributed by atoms with Crippen molar-refractivity contribution in [2.75, 3.05) is 19.8 Å². The first kappa shape index (κ1) is 16.1. The van der Waals surface area contributed by atoms with Gasteiger partial charge in [0.1, 0.15) is 0 Å². The average molecular weight is 280 g/mol. The normalized spacial score (nSPS) is 11.4. The second kappa shape index (κ2) is 6.96. The summed E-state index contributed by atoms with van der Waals surface area (Å²) >= 11 is 1.58. The molecule has 4 heteroatoms. The van der Waals surface area contributed by atoms with Crippen molar-refractivity contribution in [2.45, 2.75) is 37.8 Å². The van der Waals surface area contributed by atoms with Gasteiger partial charge in [-0.05, 0) is 38.5 Å². The standard InChI is InChI=1S/C15H24N2OS/c1-15(2,3)16-10-12-6-8-13(9-7-12)19-11-14(18)17(4)5/h6-9,16H,10-11H2,1-5H3. The van der Waals surface area contributed by atoms with Gasteiger partial charge in [0, 0.05) is 31.1 Å². The van der Waals surface area contributed by atoms with Crippen molar-refractivity contribution >= 4 is 17.7 Å². The van der Waals surface area contributed by atoms with E-state index < -0.39 is 0 Å². The summed E-state index contributed by atoms with van der Waals surface area (Å²) in [4.78, 5) is 14.2. The monoisotopic (exact) mass is 280 g/mol. The van der Waals surface area contributed by atoms with Gasteiger partial charge in [-0.25, -0.2) is 0 Å². The van der Waals surface area contributed by atoms with Crippen LogP contribution in [0.1, 0.15) is 26.3 Å². The molecule has 0 bridgehead atoms. The van der Waals surface area contributed by atoms with E-state index in [1.807, 2.05) is 0 Å². The highest BCUT2D eigenvalue weighted by Crippen LogP contribution is 2.18. The van der Waals surface area contributed by atoms with Gasteiger partial charge in [-0.15, -0.1) is 11.8 Å². The Kier molecular flexibility index (Phi) is 5.88. The minimum atomic E-state index is 0.131. The van der Waals surface area contributed by atoms with Gasteiger partial charge in [-0.1, -0.05) is 12.1 Å². The van der Waals surface area contributed by atoms with E-state index in [2.05, 4.69) is 50.4 Å². The van der Waals surface area contributed by atoms with Gasteiger partial charge in [0.2, 0.25) is 5.91 Å². The third kappa shape index (κ3) is 6.64. The number of nitrogens with one attached hydrogen (secondary N) is 1. The van der Waals surface area contributed by atoms with E-state index in [1.54, 1.807) is 30.8 Å². The average Bonchev–Trinajstić information content (AvgIpc) is 2.33. The molecule has 1 amide bonds. The van der Waals surface area contributed by atoms with Crippen LogP contribution < -0.4 is 5.32 Å². The minimum absolute atomic E-state index is 0.131. The molecule has 0 aliphatic carbocycles. The van der Waals surface area contributed by atoms with E-state index in [9.17, 15) is 4.79 Å². The molecule has 1 N–H and O–H groups in total. The molecule has 0 aliphatic heterocycles. The third-order valence-electron chi connectivity index (χ3n) is 2.61. The molecule has 19 heavy (non-hydrogen) atoms. The molecular weight excluding hydrogens is 256 g/mol. The SMILES string of the molecule is CN(C)C(=O)CSc1ccc(CNC(C)(C)C)cc1. The van der Waals surface area contributed by atoms with Crippen LogP contribution in [0.4, 0.5) is 0 Å². The van der Waals surface area contributed by atoms with Gasteiger partial charge in [0.05, 0.1) is 5.75 Å². The lowest BCUT2D eigenvalue weighted by Gasteiger charge is -2.20. The molecule has 0 radical (unpaired) electrons. The molecule has 0 unspecified atom stereocenters. The zero-order valence-corrected chi connectivity index (χ0v) is 13.3. The first-order chi connectivity index (χ1) is 8.78. The third-order valence-corrected chi connectivity index (χ3v) is 3.60. The summed E-state index contributed by atoms with van der Waals surface area (Å²) in [6, 6.07) is 8.38. The molecule has 1 rings (SSSR count). The fraction of sp³-hybridized carbons (Fsp3) is 0.533. The second-order valence-electron chi connectivity index (χ2n) is 5.82. The minimum Gasteiger partial charge on any atom is -0.348 e. The number of benzene rings is 1. The van der Waals surface area contributed by atoms with Gasteiger partial charge in [0.25, 0.3) is 0 Å². The molecule has 3 nitrogen and oxygen atoms in total. The number of carbonyl (C=O) groups is 1. The van der Waals surface area contributed by atoms with Crippen molar-refractivity contribution < 1.29 is 4.79 Å². The number of rotatable bonds is 5. The molecule has 1 aromatic carbocycles. The lowest BCUT2D eigenvalue weighted by atomic mass is 10.1. The predicted molar refractivity (Wildman–Crippen MR) is 82.5 cm³/mol. The van der Waals surface area contributed by atoms with E-state index in [0.29, 0.717) is 5.75 Å². The maximum Gasteiger partial charge on any atom is 0.232 e. The number of amides is 1. The quantitative estimate of drug-likeness (QED) is 0.842. The van der Waals surface area contributed by atoms with Crippen molar-refractivity contribution in [2.24, 2.45) is 0 Å². The van der Waals surface area contributed by atoms with E-state index in [4.69, 9.17) is 0 Å². The molecule has 0 heterocycles. The first-order valence-corrected chi connectivity index (χ1v) is 7.43. The molecule has 0 spiro atoms. The van der Waals surface area contributed by atoms with E-state index in [-0.39, 0.29) is 11.4 Å². The van der Waals surface area contributed by atoms with Crippen LogP contribution >= 0.6 is 11.8 Å². The lowest BCUT2D eigenvalue weighted by Crippen LogP contribution is -2.35. The molecule has 0 aliphatic rings. The molecule has 0 aromatic heterocycles. The van der Waals surface area contributed by atoms with Crippen molar-refractivity contribution in [1.29, 1.82) is 0 Å². The molecule has 106 valence electrons. The lowest BCUT2D eigenvalue weighted by molar-refractivity contribution is -0.125. The highest BCUT2D eigenvalue weighted by molar-refractivity contribution is 8.00. The smallest absolute Gasteiger partial charge is 0.232 e. The van der Waals surface area contributed by atoms with Crippen LogP contribution in [0.15, 0.2) is 29.2 Å². The summed E-state index contributed by atoms with van der Waals surface area (Å²) < 4.78 is 0. The van der Waals surface area contributed by atoms with Gasteiger partial charge in [-0.3, -0.25) is 4.79 Å². The van der Waals surface area contributed by atoms with E-state index in [0.717, 1.165) is 11.4 Å². The first-order valence-electron chi connectivity index (χ1n) is 6.45. The van der Waals surface area contributed by atoms with Gasteiger partial charge < -0.3 is 10.2 Å². The van der Waals surface area contributed by atoms with Gasteiger partial charge in [0.15, 0.2) is 0 Å². The van der Waals surface area contributed by atoms with Crippen LogP contribution in [0.5, 0.6) is 0 Å². The van der Waals surface area contributed by atoms with E-state index in [1.165, 1.54) is 5.56 Å². The number of nitrogens with zero attached hydrogens (tertiary/aromatic N) is 1. The topological polar surface area (TPSA) is 32.3 Å². The van der Waals surface area contributed by atoms with Gasteiger partial charge >= 0.3 is 0 Å². The maximum absolute atomic E-state index is 11.5. The fourth-order valence-corrected chi connectivity index (χ4v) is 2.22. The largest absolute Gasteiger partial charge is 0.348 e. The summed E-state index contributed by atoms with van der Waals surface area (Å²) in [6.07, 6.45) is 0. The number of hydrogen-bond donors (Lipinski definition) is 1. The Bertz CT molecular complexity index is 407. The van der Waals surface area contributed by atoms with Crippen molar-refractivity contribution in [1.82, 2.24) is 10.2 Å². The maximum atomic E-state index is 11.5. The molecule has 0 saturated heterocycles. The van der Waals surface area contributed by atoms with Crippen LogP contribution in [0, 0.1) is 0 Å². The molecule has 0 atom stereocenters. The zero-order chi connectivity index (χ0) is 14.5. The molecule has 0 fully saturated rings. The number of carbonyl (C=O) groups excluding carboxylic acids is 1. The molecular formula is C15H24N2OS. The Labute approximate surface area is 120 Å². The zero-order valence-electron chi connectivity index (χ0n) is 12.5. The summed E-state index contributed by atoms with van der Waals surface area (Å²) in [6.45, 7) is 7.34. The highest BCUT2D eigenvalue weighted by atomic mass is 32.2. The van der Waals surface area contributed by atoms with Crippen molar-refractivity contribution in [3.05, 3.63) is 29.8 Å². The van der Waals surface area contributed by atoms with Crippen LogP contribution in [-0.4, -0.2) is 36.2 Å². The van der Waals surface area contributed by atoms with Crippen LogP contribution in [0.25, 0.3) is 0 Å². The van der Waals surface area contributed by atoms with Crippen LogP contribution in [-0.2, 0) is 11.3 Å². The van der Waals surface area contributed by atoms with Crippen molar-refractivity contribution in [3.63, 3.8) is 0 Å². The molecule has 1 aromatic rings. The Balaban J connectivity index is 2.46.